The zero-order chi connectivity index (χ0) is 21.5. The van der Waals surface area contributed by atoms with Gasteiger partial charge in [-0.15, -0.1) is 0 Å². The van der Waals surface area contributed by atoms with E-state index in [9.17, 15) is 4.79 Å². The molecule has 31 heavy (non-hydrogen) atoms. The van der Waals surface area contributed by atoms with Gasteiger partial charge in [0.15, 0.2) is 0 Å². The van der Waals surface area contributed by atoms with Crippen LogP contribution in [0.5, 0.6) is 0 Å². The molecule has 0 N–H and O–H groups in total. The van der Waals surface area contributed by atoms with E-state index >= 15 is 0 Å². The first-order valence-corrected chi connectivity index (χ1v) is 12.4. The topological polar surface area (TPSA) is 26.3 Å². The van der Waals surface area contributed by atoms with Gasteiger partial charge in [-0.25, -0.2) is 4.79 Å². The van der Waals surface area contributed by atoms with Gasteiger partial charge >= 0.3 is 5.97 Å². The molecule has 0 aromatic heterocycles. The highest BCUT2D eigenvalue weighted by Gasteiger charge is 2.57. The predicted octanol–water partition coefficient (Wildman–Crippen LogP) is 5.28. The molecule has 4 aromatic rings. The second-order valence-corrected chi connectivity index (χ2v) is 10.8. The lowest BCUT2D eigenvalue weighted by Gasteiger charge is -2.33. The van der Waals surface area contributed by atoms with E-state index in [1.54, 1.807) is 0 Å². The van der Waals surface area contributed by atoms with E-state index in [1.165, 1.54) is 0 Å². The van der Waals surface area contributed by atoms with E-state index in [-0.39, 0.29) is 5.97 Å². The fourth-order valence-corrected chi connectivity index (χ4v) is 8.98. The van der Waals surface area contributed by atoms with E-state index < -0.39 is 12.9 Å². The standard InChI is InChI=1S/C28H26O2P/c1-2-30-28(29)27(23-15-7-3-8-16-23)31(24-17-9-4-10-18-24,25-19-11-5-12-20-25)26-21-13-6-14-22-26/h3-22,27H,2H2,1H3/q+1. The van der Waals surface area contributed by atoms with Crippen LogP contribution in [0.3, 0.4) is 0 Å². The minimum atomic E-state index is -2.45. The maximum Gasteiger partial charge on any atom is 0.352 e. The largest absolute Gasteiger partial charge is 0.463 e. The Balaban J connectivity index is 2.13. The van der Waals surface area contributed by atoms with Crippen molar-refractivity contribution in [2.75, 3.05) is 6.61 Å². The van der Waals surface area contributed by atoms with Crippen LogP contribution in [-0.4, -0.2) is 12.6 Å². The van der Waals surface area contributed by atoms with Crippen molar-refractivity contribution in [3.63, 3.8) is 0 Å². The summed E-state index contributed by atoms with van der Waals surface area (Å²) in [6.45, 7) is 2.22. The predicted molar refractivity (Wildman–Crippen MR) is 131 cm³/mol. The highest BCUT2D eigenvalue weighted by atomic mass is 31.2. The van der Waals surface area contributed by atoms with E-state index in [0.717, 1.165) is 21.5 Å². The summed E-state index contributed by atoms with van der Waals surface area (Å²) in [4.78, 5) is 13.7. The number of hydrogen-bond donors (Lipinski definition) is 0. The Bertz CT molecular complexity index is 1000. The van der Waals surface area contributed by atoms with Crippen molar-refractivity contribution in [2.45, 2.75) is 12.6 Å². The van der Waals surface area contributed by atoms with Crippen molar-refractivity contribution in [1.82, 2.24) is 0 Å². The van der Waals surface area contributed by atoms with E-state index in [0.29, 0.717) is 6.61 Å². The van der Waals surface area contributed by atoms with Crippen LogP contribution in [0.4, 0.5) is 0 Å². The Morgan fingerprint density at radius 3 is 1.35 bits per heavy atom. The van der Waals surface area contributed by atoms with Crippen LogP contribution in [-0.2, 0) is 9.53 Å². The summed E-state index contributed by atoms with van der Waals surface area (Å²) in [6.07, 6.45) is 0. The lowest BCUT2D eigenvalue weighted by Crippen LogP contribution is -2.38. The summed E-state index contributed by atoms with van der Waals surface area (Å²) >= 11 is 0. The first-order valence-electron chi connectivity index (χ1n) is 10.6. The SMILES string of the molecule is CCOC(=O)C(c1ccccc1)[P+](c1ccccc1)(c1ccccc1)c1ccccc1. The van der Waals surface area contributed by atoms with Crippen molar-refractivity contribution in [3.8, 4) is 0 Å². The van der Waals surface area contributed by atoms with Gasteiger partial charge in [-0.3, -0.25) is 0 Å². The smallest absolute Gasteiger partial charge is 0.352 e. The summed E-state index contributed by atoms with van der Waals surface area (Å²) in [7, 11) is -2.45. The first kappa shape index (κ1) is 21.0. The van der Waals surface area contributed by atoms with Crippen LogP contribution in [0.15, 0.2) is 121 Å². The summed E-state index contributed by atoms with van der Waals surface area (Å²) in [5.41, 5.74) is 0.534. The zero-order valence-corrected chi connectivity index (χ0v) is 18.5. The molecule has 0 aliphatic rings. The number of hydrogen-bond acceptors (Lipinski definition) is 2. The Morgan fingerprint density at radius 1 is 0.645 bits per heavy atom. The van der Waals surface area contributed by atoms with Crippen LogP contribution < -0.4 is 15.9 Å². The third-order valence-electron chi connectivity index (χ3n) is 5.50. The molecule has 0 spiro atoms. The van der Waals surface area contributed by atoms with Gasteiger partial charge in [0, 0.05) is 5.56 Å². The van der Waals surface area contributed by atoms with Gasteiger partial charge in [-0.2, -0.15) is 0 Å². The van der Waals surface area contributed by atoms with Crippen LogP contribution in [0.25, 0.3) is 0 Å². The lowest BCUT2D eigenvalue weighted by atomic mass is 10.1. The third-order valence-corrected chi connectivity index (χ3v) is 10.1. The maximum atomic E-state index is 13.7. The molecule has 0 heterocycles. The molecule has 2 nitrogen and oxygen atoms in total. The maximum absolute atomic E-state index is 13.7. The Morgan fingerprint density at radius 2 is 1.00 bits per heavy atom. The summed E-state index contributed by atoms with van der Waals surface area (Å²) in [5.74, 6) is -0.182. The summed E-state index contributed by atoms with van der Waals surface area (Å²) in [5, 5.41) is 3.48. The third kappa shape index (κ3) is 4.04. The molecule has 4 aromatic carbocycles. The number of benzene rings is 4. The molecule has 0 radical (unpaired) electrons. The first-order chi connectivity index (χ1) is 15.3. The quantitative estimate of drug-likeness (QED) is 0.297. The molecule has 0 aliphatic carbocycles. The number of rotatable bonds is 7. The van der Waals surface area contributed by atoms with Crippen molar-refractivity contribution in [2.24, 2.45) is 0 Å². The van der Waals surface area contributed by atoms with E-state index in [1.807, 2.05) is 55.5 Å². The molecular formula is C28H26O2P+. The molecule has 154 valence electrons. The Labute approximate surface area is 184 Å². The molecule has 0 fully saturated rings. The normalized spacial score (nSPS) is 12.2. The van der Waals surface area contributed by atoms with Gasteiger partial charge in [0.2, 0.25) is 5.66 Å². The van der Waals surface area contributed by atoms with Crippen molar-refractivity contribution in [1.29, 1.82) is 0 Å². The average Bonchev–Trinajstić information content (AvgIpc) is 2.85. The Hall–Kier alpha value is -3.22. The highest BCUT2D eigenvalue weighted by molar-refractivity contribution is 7.96. The highest BCUT2D eigenvalue weighted by Crippen LogP contribution is 2.67. The van der Waals surface area contributed by atoms with Gasteiger partial charge in [0.05, 0.1) is 6.61 Å². The molecule has 1 atom stereocenters. The van der Waals surface area contributed by atoms with Gasteiger partial charge in [0.25, 0.3) is 0 Å². The molecule has 0 saturated carbocycles. The van der Waals surface area contributed by atoms with Crippen LogP contribution in [0.2, 0.25) is 0 Å². The molecular weight excluding hydrogens is 399 g/mol. The van der Waals surface area contributed by atoms with Gasteiger partial charge < -0.3 is 4.74 Å². The number of esters is 1. The minimum Gasteiger partial charge on any atom is -0.463 e. The lowest BCUT2D eigenvalue weighted by molar-refractivity contribution is -0.142. The molecule has 0 aliphatic heterocycles. The van der Waals surface area contributed by atoms with Crippen molar-refractivity contribution in [3.05, 3.63) is 127 Å². The number of carbonyl (C=O) groups is 1. The van der Waals surface area contributed by atoms with E-state index in [4.69, 9.17) is 4.74 Å². The molecule has 3 heteroatoms. The van der Waals surface area contributed by atoms with E-state index in [2.05, 4.69) is 72.8 Å². The second-order valence-electron chi connectivity index (χ2n) is 7.29. The molecule has 0 saturated heterocycles. The van der Waals surface area contributed by atoms with Gasteiger partial charge in [-0.1, -0.05) is 84.9 Å². The Kier molecular flexibility index (Phi) is 6.60. The summed E-state index contributed by atoms with van der Waals surface area (Å²) in [6, 6.07) is 41.4. The van der Waals surface area contributed by atoms with Crippen LogP contribution in [0, 0.1) is 0 Å². The number of ether oxygens (including phenoxy) is 1. The van der Waals surface area contributed by atoms with Crippen LogP contribution in [0.1, 0.15) is 18.1 Å². The van der Waals surface area contributed by atoms with Crippen molar-refractivity contribution < 1.29 is 9.53 Å². The fourth-order valence-electron chi connectivity index (χ4n) is 4.26. The van der Waals surface area contributed by atoms with Crippen molar-refractivity contribution >= 4 is 29.1 Å². The number of carbonyl (C=O) groups excluding carboxylic acids is 1. The minimum absolute atomic E-state index is 0.182. The second kappa shape index (κ2) is 9.73. The monoisotopic (exact) mass is 425 g/mol. The van der Waals surface area contributed by atoms with Crippen LogP contribution >= 0.6 is 7.26 Å². The van der Waals surface area contributed by atoms with Gasteiger partial charge in [0.1, 0.15) is 23.2 Å². The molecule has 1 unspecified atom stereocenters. The zero-order valence-electron chi connectivity index (χ0n) is 17.6. The molecule has 0 amide bonds. The average molecular weight is 425 g/mol. The van der Waals surface area contributed by atoms with Gasteiger partial charge in [-0.05, 0) is 43.3 Å². The molecule has 0 bridgehead atoms. The molecule has 4 rings (SSSR count). The summed E-state index contributed by atoms with van der Waals surface area (Å²) < 4.78 is 5.72. The fraction of sp³-hybridized carbons (Fsp3) is 0.107.